The maximum Gasteiger partial charge on any atom is 1.00 e. The molecule has 1 aliphatic carbocycles. The summed E-state index contributed by atoms with van der Waals surface area (Å²) in [4.78, 5) is 23.4. The molecule has 120 valence electrons. The zero-order chi connectivity index (χ0) is 16.1. The summed E-state index contributed by atoms with van der Waals surface area (Å²) in [5.74, 6) is -1.20. The van der Waals surface area contributed by atoms with Crippen molar-refractivity contribution in [1.82, 2.24) is 0 Å². The Hall–Kier alpha value is -1.08. The van der Waals surface area contributed by atoms with Crippen molar-refractivity contribution in [1.29, 1.82) is 0 Å². The molecule has 0 atom stereocenters. The van der Waals surface area contributed by atoms with Gasteiger partial charge in [0.1, 0.15) is 11.5 Å². The second-order valence-electron chi connectivity index (χ2n) is 5.52. The number of nitrogens with two attached hydrogens (primary N) is 1. The number of benzene rings is 1. The molecule has 1 fully saturated rings. The van der Waals surface area contributed by atoms with Crippen molar-refractivity contribution >= 4 is 11.9 Å². The van der Waals surface area contributed by atoms with E-state index in [4.69, 9.17) is 15.2 Å². The Morgan fingerprint density at radius 3 is 2.43 bits per heavy atom. The topological polar surface area (TPSA) is 102 Å². The van der Waals surface area contributed by atoms with Gasteiger partial charge >= 0.3 is 35.5 Å². The van der Waals surface area contributed by atoms with E-state index in [1.54, 1.807) is 6.07 Å². The molecule has 0 aromatic heterocycles. The van der Waals surface area contributed by atoms with Gasteiger partial charge in [0.15, 0.2) is 0 Å². The molecule has 0 spiro atoms. The van der Waals surface area contributed by atoms with E-state index in [0.29, 0.717) is 18.2 Å². The molecule has 1 saturated carbocycles. The van der Waals surface area contributed by atoms with E-state index in [-0.39, 0.29) is 46.8 Å². The predicted molar refractivity (Wildman–Crippen MR) is 77.5 cm³/mol. The molecule has 1 aliphatic rings. The molecule has 2 rings (SSSR count). The largest absolute Gasteiger partial charge is 1.00 e. The summed E-state index contributed by atoms with van der Waals surface area (Å²) >= 11 is 0. The van der Waals surface area contributed by atoms with E-state index in [0.717, 1.165) is 25.7 Å². The number of ether oxygens (including phenoxy) is 2. The first-order valence-corrected chi connectivity index (χ1v) is 7.36. The van der Waals surface area contributed by atoms with Crippen LogP contribution in [0.15, 0.2) is 18.2 Å². The Kier molecular flexibility index (Phi) is 8.05. The van der Waals surface area contributed by atoms with Crippen LogP contribution in [0, 0.1) is 11.8 Å². The molecule has 23 heavy (non-hydrogen) atoms. The van der Waals surface area contributed by atoms with Crippen LogP contribution < -0.4 is 49.9 Å². The van der Waals surface area contributed by atoms with Crippen molar-refractivity contribution in [2.45, 2.75) is 25.7 Å². The fourth-order valence-corrected chi connectivity index (χ4v) is 2.71. The van der Waals surface area contributed by atoms with Gasteiger partial charge in [-0.2, -0.15) is 0 Å². The number of hydrogen-bond donors (Lipinski definition) is 1. The number of aromatic carboxylic acids is 1. The second-order valence-corrected chi connectivity index (χ2v) is 5.52. The Morgan fingerprint density at radius 1 is 1.26 bits per heavy atom. The molecule has 0 heterocycles. The molecule has 0 radical (unpaired) electrons. The van der Waals surface area contributed by atoms with Gasteiger partial charge in [-0.3, -0.25) is 4.79 Å². The van der Waals surface area contributed by atoms with E-state index in [2.05, 4.69) is 0 Å². The third-order valence-corrected chi connectivity index (χ3v) is 4.13. The molecule has 7 heteroatoms. The SMILES string of the molecule is COc1ccc(OC(=O)C2CCC(CN)CC2)c(C(=O)[O-])c1.[Na+]. The van der Waals surface area contributed by atoms with Crippen molar-refractivity contribution in [3.05, 3.63) is 23.8 Å². The Morgan fingerprint density at radius 2 is 1.91 bits per heavy atom. The molecule has 1 aromatic carbocycles. The molecule has 1 aromatic rings. The van der Waals surface area contributed by atoms with E-state index in [1.807, 2.05) is 0 Å². The number of hydrogen-bond acceptors (Lipinski definition) is 6. The molecular formula is C16H20NNaO5. The van der Waals surface area contributed by atoms with Gasteiger partial charge in [0.25, 0.3) is 0 Å². The van der Waals surface area contributed by atoms with E-state index >= 15 is 0 Å². The van der Waals surface area contributed by atoms with Crippen LogP contribution in [0.2, 0.25) is 0 Å². The van der Waals surface area contributed by atoms with Gasteiger partial charge in [-0.15, -0.1) is 0 Å². The molecule has 0 saturated heterocycles. The van der Waals surface area contributed by atoms with Crippen LogP contribution in [-0.2, 0) is 4.79 Å². The number of rotatable bonds is 5. The van der Waals surface area contributed by atoms with Crippen molar-refractivity contribution in [2.75, 3.05) is 13.7 Å². The van der Waals surface area contributed by atoms with Gasteiger partial charge in [-0.05, 0) is 56.3 Å². The standard InChI is InChI=1S/C16H21NO5.Na/c1-21-12-6-7-14(13(8-12)15(18)19)22-16(20)11-4-2-10(9-17)3-5-11;/h6-8,10-11H,2-5,9,17H2,1H3,(H,18,19);/q;+1/p-1. The van der Waals surface area contributed by atoms with Crippen LogP contribution in [0.1, 0.15) is 36.0 Å². The van der Waals surface area contributed by atoms with Crippen LogP contribution in [-0.4, -0.2) is 25.6 Å². The fraction of sp³-hybridized carbons (Fsp3) is 0.500. The fourth-order valence-electron chi connectivity index (χ4n) is 2.71. The summed E-state index contributed by atoms with van der Waals surface area (Å²) in [6, 6.07) is 4.23. The van der Waals surface area contributed by atoms with Crippen molar-refractivity contribution < 1.29 is 53.7 Å². The summed E-state index contributed by atoms with van der Waals surface area (Å²) in [6.45, 7) is 0.634. The number of carbonyl (C=O) groups excluding carboxylic acids is 2. The molecule has 0 bridgehead atoms. The maximum absolute atomic E-state index is 12.2. The normalized spacial score (nSPS) is 20.3. The third kappa shape index (κ3) is 5.21. The zero-order valence-corrected chi connectivity index (χ0v) is 15.5. The van der Waals surface area contributed by atoms with Gasteiger partial charge in [0.05, 0.1) is 19.0 Å². The summed E-state index contributed by atoms with van der Waals surface area (Å²) in [5.41, 5.74) is 5.44. The van der Waals surface area contributed by atoms with Crippen LogP contribution >= 0.6 is 0 Å². The minimum absolute atomic E-state index is 0. The molecular weight excluding hydrogens is 309 g/mol. The smallest absolute Gasteiger partial charge is 0.545 e. The number of esters is 1. The van der Waals surface area contributed by atoms with E-state index in [1.165, 1.54) is 19.2 Å². The minimum Gasteiger partial charge on any atom is -0.545 e. The van der Waals surface area contributed by atoms with Crippen molar-refractivity contribution in [3.63, 3.8) is 0 Å². The van der Waals surface area contributed by atoms with Gasteiger partial charge in [-0.1, -0.05) is 0 Å². The Labute approximate surface area is 157 Å². The van der Waals surface area contributed by atoms with Gasteiger partial charge in [0, 0.05) is 5.56 Å². The first-order valence-electron chi connectivity index (χ1n) is 7.36. The number of methoxy groups -OCH3 is 1. The monoisotopic (exact) mass is 329 g/mol. The summed E-state index contributed by atoms with van der Waals surface area (Å²) in [5, 5.41) is 11.2. The number of carboxylic acid groups (broad SMARTS) is 1. The van der Waals surface area contributed by atoms with Crippen LogP contribution in [0.5, 0.6) is 11.5 Å². The number of carboxylic acids is 1. The first kappa shape index (κ1) is 20.0. The van der Waals surface area contributed by atoms with Gasteiger partial charge in [-0.25, -0.2) is 0 Å². The third-order valence-electron chi connectivity index (χ3n) is 4.13. The zero-order valence-electron chi connectivity index (χ0n) is 13.5. The van der Waals surface area contributed by atoms with Crippen LogP contribution in [0.25, 0.3) is 0 Å². The Bertz CT molecular complexity index is 555. The van der Waals surface area contributed by atoms with Gasteiger partial charge in [0.2, 0.25) is 0 Å². The second kappa shape index (κ2) is 9.27. The average Bonchev–Trinajstić information content (AvgIpc) is 2.55. The molecule has 0 unspecified atom stereocenters. The molecule has 2 N–H and O–H groups in total. The quantitative estimate of drug-likeness (QED) is 0.371. The van der Waals surface area contributed by atoms with E-state index in [9.17, 15) is 14.7 Å². The predicted octanol–water partition coefficient (Wildman–Crippen LogP) is -2.27. The Balaban J connectivity index is 0.00000264. The summed E-state index contributed by atoms with van der Waals surface area (Å²) < 4.78 is 10.2. The summed E-state index contributed by atoms with van der Waals surface area (Å²) in [7, 11) is 1.43. The molecule has 0 amide bonds. The minimum atomic E-state index is -1.41. The van der Waals surface area contributed by atoms with Crippen LogP contribution in [0.4, 0.5) is 0 Å². The average molecular weight is 329 g/mol. The first-order chi connectivity index (χ1) is 10.5. The molecule has 6 nitrogen and oxygen atoms in total. The van der Waals surface area contributed by atoms with Crippen LogP contribution in [0.3, 0.4) is 0 Å². The maximum atomic E-state index is 12.2. The van der Waals surface area contributed by atoms with Gasteiger partial charge < -0.3 is 25.1 Å². The molecule has 0 aliphatic heterocycles. The van der Waals surface area contributed by atoms with Crippen molar-refractivity contribution in [2.24, 2.45) is 17.6 Å². The van der Waals surface area contributed by atoms with Crippen molar-refractivity contribution in [3.8, 4) is 11.5 Å². The summed E-state index contributed by atoms with van der Waals surface area (Å²) in [6.07, 6.45) is 3.23. The number of carbonyl (C=O) groups is 2. The van der Waals surface area contributed by atoms with E-state index < -0.39 is 11.9 Å².